The highest BCUT2D eigenvalue weighted by Gasteiger charge is 2.38. The number of nitrogens with one attached hydrogen (secondary N) is 1. The molecule has 1 fully saturated rings. The number of aliphatic hydroxyl groups is 1. The summed E-state index contributed by atoms with van der Waals surface area (Å²) in [5.74, 6) is -0.333. The fraction of sp³-hybridized carbons (Fsp3) is 0.333. The molecule has 20 heavy (non-hydrogen) atoms. The minimum absolute atomic E-state index is 0.203. The highest BCUT2D eigenvalue weighted by Crippen LogP contribution is 2.23. The number of hydrogen-bond acceptors (Lipinski definition) is 5. The second-order valence-electron chi connectivity index (χ2n) is 4.67. The Morgan fingerprint density at radius 2 is 2.10 bits per heavy atom. The predicted molar refractivity (Wildman–Crippen MR) is 74.6 cm³/mol. The molecule has 2 N–H and O–H groups in total. The van der Waals surface area contributed by atoms with Crippen molar-refractivity contribution < 1.29 is 19.4 Å². The first-order valence-electron chi connectivity index (χ1n) is 6.46. The molecule has 1 aliphatic heterocycles. The first-order valence-corrected chi connectivity index (χ1v) is 6.46. The van der Waals surface area contributed by atoms with Gasteiger partial charge in [0.1, 0.15) is 12.4 Å². The third-order valence-electron chi connectivity index (χ3n) is 3.18. The molecule has 1 aliphatic rings. The van der Waals surface area contributed by atoms with Gasteiger partial charge in [-0.05, 0) is 31.2 Å². The van der Waals surface area contributed by atoms with Crippen LogP contribution >= 0.6 is 0 Å². The third-order valence-corrected chi connectivity index (χ3v) is 3.18. The van der Waals surface area contributed by atoms with Gasteiger partial charge in [-0.3, -0.25) is 9.59 Å². The van der Waals surface area contributed by atoms with Crippen molar-refractivity contribution in [1.29, 1.82) is 0 Å². The van der Waals surface area contributed by atoms with Gasteiger partial charge in [0.2, 0.25) is 0 Å². The van der Waals surface area contributed by atoms with Crippen LogP contribution in [0.1, 0.15) is 23.7 Å². The number of rotatable bonds is 5. The van der Waals surface area contributed by atoms with Crippen molar-refractivity contribution in [3.8, 4) is 0 Å². The lowest BCUT2D eigenvalue weighted by atomic mass is 10.0. The number of aldehydes is 1. The molecule has 0 unspecified atom stereocenters. The number of aliphatic hydroxyl groups excluding tert-OH is 1. The van der Waals surface area contributed by atoms with E-state index in [1.807, 2.05) is 0 Å². The van der Waals surface area contributed by atoms with Crippen molar-refractivity contribution in [2.75, 3.05) is 5.32 Å². The molecule has 5 heteroatoms. The van der Waals surface area contributed by atoms with Crippen LogP contribution in [0, 0.1) is 0 Å². The average molecular weight is 275 g/mol. The first kappa shape index (κ1) is 14.3. The molecule has 106 valence electrons. The summed E-state index contributed by atoms with van der Waals surface area (Å²) in [7, 11) is 0. The normalized spacial score (nSPS) is 23.6. The van der Waals surface area contributed by atoms with Gasteiger partial charge < -0.3 is 15.2 Å². The van der Waals surface area contributed by atoms with Gasteiger partial charge >= 0.3 is 5.97 Å². The van der Waals surface area contributed by atoms with Crippen LogP contribution in [0.4, 0.5) is 5.69 Å². The first-order chi connectivity index (χ1) is 9.63. The zero-order valence-corrected chi connectivity index (χ0v) is 11.2. The van der Waals surface area contributed by atoms with E-state index in [1.165, 1.54) is 0 Å². The van der Waals surface area contributed by atoms with Gasteiger partial charge in [0.25, 0.3) is 0 Å². The molecule has 2 rings (SSSR count). The van der Waals surface area contributed by atoms with Crippen molar-refractivity contribution in [2.24, 2.45) is 0 Å². The zero-order valence-electron chi connectivity index (χ0n) is 11.2. The van der Waals surface area contributed by atoms with Crippen molar-refractivity contribution in [3.63, 3.8) is 0 Å². The fourth-order valence-electron chi connectivity index (χ4n) is 2.20. The molecule has 0 saturated carbocycles. The lowest BCUT2D eigenvalue weighted by Crippen LogP contribution is -2.38. The summed E-state index contributed by atoms with van der Waals surface area (Å²) in [4.78, 5) is 22.0. The van der Waals surface area contributed by atoms with Gasteiger partial charge in [0, 0.05) is 11.3 Å². The predicted octanol–water partition coefficient (Wildman–Crippen LogP) is 1.53. The number of carbonyl (C=O) groups is 2. The van der Waals surface area contributed by atoms with Crippen LogP contribution in [0.5, 0.6) is 0 Å². The minimum Gasteiger partial charge on any atom is -0.457 e. The van der Waals surface area contributed by atoms with Crippen LogP contribution in [-0.4, -0.2) is 35.6 Å². The molecule has 0 aromatic heterocycles. The summed E-state index contributed by atoms with van der Waals surface area (Å²) < 4.78 is 5.15. The molecule has 0 bridgehead atoms. The van der Waals surface area contributed by atoms with E-state index >= 15 is 0 Å². The van der Waals surface area contributed by atoms with E-state index < -0.39 is 12.2 Å². The third kappa shape index (κ3) is 3.24. The van der Waals surface area contributed by atoms with E-state index in [1.54, 1.807) is 43.3 Å². The topological polar surface area (TPSA) is 75.6 Å². The number of allylic oxidation sites excluding steroid dienone is 1. The second kappa shape index (κ2) is 6.34. The Kier molecular flexibility index (Phi) is 4.53. The number of anilines is 1. The number of cyclic esters (lactones) is 1. The molecule has 0 aliphatic carbocycles. The van der Waals surface area contributed by atoms with Crippen LogP contribution in [0.15, 0.2) is 36.4 Å². The Balaban J connectivity index is 2.08. The van der Waals surface area contributed by atoms with Gasteiger partial charge in [-0.1, -0.05) is 12.2 Å². The molecule has 1 heterocycles. The molecule has 1 saturated heterocycles. The fourth-order valence-corrected chi connectivity index (χ4v) is 2.20. The number of esters is 1. The molecule has 0 radical (unpaired) electrons. The van der Waals surface area contributed by atoms with E-state index in [9.17, 15) is 14.7 Å². The monoisotopic (exact) mass is 275 g/mol. The SMILES string of the molecule is C/C=C/[C@H](O)[C@H]1OC(=O)C[C@H]1Nc1ccc(C=O)cc1. The Morgan fingerprint density at radius 1 is 1.40 bits per heavy atom. The molecule has 3 atom stereocenters. The molecular weight excluding hydrogens is 258 g/mol. The van der Waals surface area contributed by atoms with Crippen molar-refractivity contribution >= 4 is 17.9 Å². The Morgan fingerprint density at radius 3 is 2.70 bits per heavy atom. The number of ether oxygens (including phenoxy) is 1. The van der Waals surface area contributed by atoms with E-state index in [0.717, 1.165) is 12.0 Å². The highest BCUT2D eigenvalue weighted by atomic mass is 16.6. The van der Waals surface area contributed by atoms with Crippen LogP contribution in [0.2, 0.25) is 0 Å². The molecular formula is C15H17NO4. The van der Waals surface area contributed by atoms with Crippen LogP contribution in [-0.2, 0) is 9.53 Å². The van der Waals surface area contributed by atoms with Gasteiger partial charge in [-0.25, -0.2) is 0 Å². The Hall–Kier alpha value is -2.14. The van der Waals surface area contributed by atoms with Crippen molar-refractivity contribution in [3.05, 3.63) is 42.0 Å². The smallest absolute Gasteiger partial charge is 0.308 e. The lowest BCUT2D eigenvalue weighted by molar-refractivity contribution is -0.144. The quantitative estimate of drug-likeness (QED) is 0.484. The van der Waals surface area contributed by atoms with Crippen LogP contribution < -0.4 is 5.32 Å². The summed E-state index contributed by atoms with van der Waals surface area (Å²) in [5.41, 5.74) is 1.36. The van der Waals surface area contributed by atoms with E-state index in [-0.39, 0.29) is 18.4 Å². The maximum atomic E-state index is 11.4. The van der Waals surface area contributed by atoms with E-state index in [2.05, 4.69) is 5.32 Å². The van der Waals surface area contributed by atoms with Crippen LogP contribution in [0.25, 0.3) is 0 Å². The summed E-state index contributed by atoms with van der Waals surface area (Å²) in [5, 5.41) is 13.1. The van der Waals surface area contributed by atoms with Crippen molar-refractivity contribution in [2.45, 2.75) is 31.6 Å². The minimum atomic E-state index is -0.835. The summed E-state index contributed by atoms with van der Waals surface area (Å²) in [6, 6.07) is 6.59. The highest BCUT2D eigenvalue weighted by molar-refractivity contribution is 5.76. The molecule has 1 aromatic carbocycles. The Bertz CT molecular complexity index is 509. The maximum absolute atomic E-state index is 11.4. The van der Waals surface area contributed by atoms with Gasteiger partial charge in [-0.2, -0.15) is 0 Å². The molecule has 5 nitrogen and oxygen atoms in total. The maximum Gasteiger partial charge on any atom is 0.308 e. The van der Waals surface area contributed by atoms with E-state index in [4.69, 9.17) is 4.74 Å². The molecule has 0 amide bonds. The van der Waals surface area contributed by atoms with Crippen molar-refractivity contribution in [1.82, 2.24) is 0 Å². The number of hydrogen-bond donors (Lipinski definition) is 2. The molecule has 0 spiro atoms. The second-order valence-corrected chi connectivity index (χ2v) is 4.67. The zero-order chi connectivity index (χ0) is 14.5. The Labute approximate surface area is 117 Å². The summed E-state index contributed by atoms with van der Waals surface area (Å²) in [6.45, 7) is 1.79. The number of benzene rings is 1. The van der Waals surface area contributed by atoms with Gasteiger partial charge in [0.05, 0.1) is 12.5 Å². The summed E-state index contributed by atoms with van der Waals surface area (Å²) >= 11 is 0. The van der Waals surface area contributed by atoms with E-state index in [0.29, 0.717) is 5.56 Å². The summed E-state index contributed by atoms with van der Waals surface area (Å²) in [6.07, 6.45) is 2.84. The van der Waals surface area contributed by atoms with Gasteiger partial charge in [-0.15, -0.1) is 0 Å². The van der Waals surface area contributed by atoms with Crippen LogP contribution in [0.3, 0.4) is 0 Å². The number of carbonyl (C=O) groups excluding carboxylic acids is 2. The lowest BCUT2D eigenvalue weighted by Gasteiger charge is -2.22. The largest absolute Gasteiger partial charge is 0.457 e. The standard InChI is InChI=1S/C15H17NO4/c1-2-3-13(18)15-12(8-14(19)20-15)16-11-6-4-10(9-17)5-7-11/h2-7,9,12-13,15-16,18H,8H2,1H3/b3-2+/t12-,13+,15+/m1/s1. The average Bonchev–Trinajstić information content (AvgIpc) is 2.81. The van der Waals surface area contributed by atoms with Gasteiger partial charge in [0.15, 0.2) is 6.10 Å². The molecule has 1 aromatic rings.